The zero-order valence-corrected chi connectivity index (χ0v) is 14.4. The first kappa shape index (κ1) is 16.9. The molecule has 1 N–H and O–H groups in total. The predicted molar refractivity (Wildman–Crippen MR) is 95.1 cm³/mol. The van der Waals surface area contributed by atoms with Crippen LogP contribution in [0.25, 0.3) is 0 Å². The van der Waals surface area contributed by atoms with Crippen LogP contribution in [0.4, 0.5) is 5.69 Å². The number of aliphatic hydroxyl groups excluding tert-OH is 1. The topological polar surface area (TPSA) is 70.5 Å². The molecule has 2 aromatic rings. The summed E-state index contributed by atoms with van der Waals surface area (Å²) < 4.78 is 0. The second-order valence-electron chi connectivity index (χ2n) is 6.45. The van der Waals surface area contributed by atoms with Crippen molar-refractivity contribution in [2.75, 3.05) is 4.90 Å². The van der Waals surface area contributed by atoms with Crippen molar-refractivity contribution in [1.29, 1.82) is 0 Å². The Morgan fingerprint density at radius 3 is 2.40 bits per heavy atom. The van der Waals surface area contributed by atoms with E-state index in [0.29, 0.717) is 11.4 Å². The minimum atomic E-state index is -0.730. The fourth-order valence-corrected chi connectivity index (χ4v) is 2.96. The number of benzene rings is 1. The van der Waals surface area contributed by atoms with Crippen molar-refractivity contribution in [2.24, 2.45) is 5.92 Å². The third kappa shape index (κ3) is 2.93. The molecule has 1 aliphatic rings. The van der Waals surface area contributed by atoms with E-state index >= 15 is 0 Å². The second-order valence-corrected chi connectivity index (χ2v) is 6.45. The molecule has 0 aliphatic carbocycles. The summed E-state index contributed by atoms with van der Waals surface area (Å²) in [6, 6.07) is 12.0. The SMILES string of the molecule is Cc1ccc(N2C(=O)C(O)=C(C(=O)C(C)C)C2c2ccccn2)cc1. The average molecular weight is 336 g/mol. The zero-order valence-electron chi connectivity index (χ0n) is 14.4. The van der Waals surface area contributed by atoms with E-state index < -0.39 is 17.7 Å². The molecule has 3 rings (SSSR count). The summed E-state index contributed by atoms with van der Waals surface area (Å²) in [5.41, 5.74) is 2.33. The number of carbonyl (C=O) groups is 2. The van der Waals surface area contributed by atoms with Gasteiger partial charge in [-0.15, -0.1) is 0 Å². The summed E-state index contributed by atoms with van der Waals surface area (Å²) in [5.74, 6) is -1.66. The number of Topliss-reactive ketones (excluding diaryl/α,β-unsaturated/α-hetero) is 1. The molecule has 2 heterocycles. The highest BCUT2D eigenvalue weighted by Crippen LogP contribution is 2.41. The molecular weight excluding hydrogens is 316 g/mol. The summed E-state index contributed by atoms with van der Waals surface area (Å²) in [6.07, 6.45) is 1.61. The van der Waals surface area contributed by atoms with Crippen LogP contribution in [-0.4, -0.2) is 21.8 Å². The third-order valence-electron chi connectivity index (χ3n) is 4.28. The normalized spacial score (nSPS) is 17.5. The van der Waals surface area contributed by atoms with Crippen LogP contribution in [0.5, 0.6) is 0 Å². The lowest BCUT2D eigenvalue weighted by molar-refractivity contribution is -0.119. The Balaban J connectivity index is 2.17. The lowest BCUT2D eigenvalue weighted by Crippen LogP contribution is -2.31. The van der Waals surface area contributed by atoms with E-state index in [2.05, 4.69) is 4.98 Å². The highest BCUT2D eigenvalue weighted by atomic mass is 16.3. The zero-order chi connectivity index (χ0) is 18.1. The first-order valence-corrected chi connectivity index (χ1v) is 8.20. The molecule has 0 radical (unpaired) electrons. The van der Waals surface area contributed by atoms with Crippen LogP contribution in [0.1, 0.15) is 31.1 Å². The number of ketones is 1. The van der Waals surface area contributed by atoms with Crippen LogP contribution in [0.15, 0.2) is 60.0 Å². The standard InChI is InChI=1S/C20H20N2O3/c1-12(2)18(23)16-17(15-6-4-5-11-21-15)22(20(25)19(16)24)14-9-7-13(3)8-10-14/h4-12,17,24H,1-3H3. The Morgan fingerprint density at radius 2 is 1.84 bits per heavy atom. The van der Waals surface area contributed by atoms with Gasteiger partial charge in [-0.05, 0) is 31.2 Å². The van der Waals surface area contributed by atoms with Crippen molar-refractivity contribution in [3.05, 3.63) is 71.3 Å². The van der Waals surface area contributed by atoms with Gasteiger partial charge in [0.05, 0.1) is 11.3 Å². The van der Waals surface area contributed by atoms with Gasteiger partial charge in [0.25, 0.3) is 5.91 Å². The van der Waals surface area contributed by atoms with E-state index in [-0.39, 0.29) is 17.3 Å². The molecular formula is C20H20N2O3. The van der Waals surface area contributed by atoms with Crippen LogP contribution in [-0.2, 0) is 9.59 Å². The molecule has 0 fully saturated rings. The number of nitrogens with zero attached hydrogens (tertiary/aromatic N) is 2. The summed E-state index contributed by atoms with van der Waals surface area (Å²) >= 11 is 0. The van der Waals surface area contributed by atoms with Gasteiger partial charge in [-0.25, -0.2) is 0 Å². The number of anilines is 1. The Kier molecular flexibility index (Phi) is 4.40. The van der Waals surface area contributed by atoms with E-state index in [4.69, 9.17) is 0 Å². The van der Waals surface area contributed by atoms with Gasteiger partial charge in [-0.1, -0.05) is 37.6 Å². The maximum atomic E-state index is 12.7. The van der Waals surface area contributed by atoms with Gasteiger partial charge in [0.1, 0.15) is 6.04 Å². The lowest BCUT2D eigenvalue weighted by atomic mass is 9.93. The monoisotopic (exact) mass is 336 g/mol. The van der Waals surface area contributed by atoms with Crippen molar-refractivity contribution in [3.8, 4) is 0 Å². The number of hydrogen-bond acceptors (Lipinski definition) is 4. The Bertz CT molecular complexity index is 839. The minimum Gasteiger partial charge on any atom is -0.503 e. The van der Waals surface area contributed by atoms with E-state index in [9.17, 15) is 14.7 Å². The minimum absolute atomic E-state index is 0.110. The van der Waals surface area contributed by atoms with Gasteiger partial charge in [0, 0.05) is 17.8 Å². The predicted octanol–water partition coefficient (Wildman–Crippen LogP) is 3.52. The second kappa shape index (κ2) is 6.51. The molecule has 0 bridgehead atoms. The first-order chi connectivity index (χ1) is 11.9. The number of rotatable bonds is 4. The molecule has 1 amide bonds. The molecule has 1 atom stereocenters. The van der Waals surface area contributed by atoms with Crippen molar-refractivity contribution >= 4 is 17.4 Å². The summed E-state index contributed by atoms with van der Waals surface area (Å²) in [5, 5.41) is 10.4. The summed E-state index contributed by atoms with van der Waals surface area (Å²) in [4.78, 5) is 31.2. The van der Waals surface area contributed by atoms with Gasteiger partial charge in [-0.2, -0.15) is 0 Å². The number of aryl methyl sites for hydroxylation is 1. The molecule has 0 saturated heterocycles. The van der Waals surface area contributed by atoms with Crippen LogP contribution in [0, 0.1) is 12.8 Å². The molecule has 1 aromatic heterocycles. The highest BCUT2D eigenvalue weighted by Gasteiger charge is 2.45. The van der Waals surface area contributed by atoms with Gasteiger partial charge in [0.2, 0.25) is 0 Å². The lowest BCUT2D eigenvalue weighted by Gasteiger charge is -2.26. The number of pyridine rings is 1. The van der Waals surface area contributed by atoms with E-state index in [1.807, 2.05) is 19.1 Å². The Morgan fingerprint density at radius 1 is 1.16 bits per heavy atom. The maximum absolute atomic E-state index is 12.7. The van der Waals surface area contributed by atoms with Crippen LogP contribution in [0.2, 0.25) is 0 Å². The molecule has 128 valence electrons. The van der Waals surface area contributed by atoms with Gasteiger partial charge in [0.15, 0.2) is 11.5 Å². The summed E-state index contributed by atoms with van der Waals surface area (Å²) in [7, 11) is 0. The van der Waals surface area contributed by atoms with Crippen LogP contribution < -0.4 is 4.90 Å². The number of carbonyl (C=O) groups excluding carboxylic acids is 2. The fourth-order valence-electron chi connectivity index (χ4n) is 2.96. The van der Waals surface area contributed by atoms with Gasteiger partial charge in [-0.3, -0.25) is 19.5 Å². The van der Waals surface area contributed by atoms with Crippen molar-refractivity contribution < 1.29 is 14.7 Å². The molecule has 0 saturated carbocycles. The summed E-state index contributed by atoms with van der Waals surface area (Å²) in [6.45, 7) is 5.45. The van der Waals surface area contributed by atoms with Crippen molar-refractivity contribution in [3.63, 3.8) is 0 Å². The number of hydrogen-bond donors (Lipinski definition) is 1. The Hall–Kier alpha value is -2.95. The average Bonchev–Trinajstić information content (AvgIpc) is 2.87. The van der Waals surface area contributed by atoms with Crippen molar-refractivity contribution in [2.45, 2.75) is 26.8 Å². The van der Waals surface area contributed by atoms with E-state index in [0.717, 1.165) is 5.56 Å². The quantitative estimate of drug-likeness (QED) is 0.927. The fraction of sp³-hybridized carbons (Fsp3) is 0.250. The number of aliphatic hydroxyl groups is 1. The number of aromatic nitrogens is 1. The van der Waals surface area contributed by atoms with Gasteiger partial charge >= 0.3 is 0 Å². The van der Waals surface area contributed by atoms with Crippen LogP contribution in [0.3, 0.4) is 0 Å². The smallest absolute Gasteiger partial charge is 0.294 e. The number of amides is 1. The molecule has 25 heavy (non-hydrogen) atoms. The molecule has 0 spiro atoms. The van der Waals surface area contributed by atoms with Gasteiger partial charge < -0.3 is 5.11 Å². The molecule has 1 unspecified atom stereocenters. The molecule has 5 nitrogen and oxygen atoms in total. The highest BCUT2D eigenvalue weighted by molar-refractivity contribution is 6.16. The molecule has 5 heteroatoms. The first-order valence-electron chi connectivity index (χ1n) is 8.20. The maximum Gasteiger partial charge on any atom is 0.294 e. The largest absolute Gasteiger partial charge is 0.503 e. The van der Waals surface area contributed by atoms with E-state index in [1.54, 1.807) is 50.4 Å². The molecule has 1 aromatic carbocycles. The Labute approximate surface area is 146 Å². The van der Waals surface area contributed by atoms with Crippen LogP contribution >= 0.6 is 0 Å². The van der Waals surface area contributed by atoms with Crippen molar-refractivity contribution in [1.82, 2.24) is 4.98 Å². The van der Waals surface area contributed by atoms with E-state index in [1.165, 1.54) is 4.90 Å². The molecule has 1 aliphatic heterocycles. The third-order valence-corrected chi connectivity index (χ3v) is 4.28.